The predicted octanol–water partition coefficient (Wildman–Crippen LogP) is 5.91. The first-order chi connectivity index (χ1) is 8.69. The van der Waals surface area contributed by atoms with Gasteiger partial charge in [-0.2, -0.15) is 0 Å². The summed E-state index contributed by atoms with van der Waals surface area (Å²) in [5, 5.41) is 0. The van der Waals surface area contributed by atoms with E-state index in [1.165, 1.54) is 25.7 Å². The minimum Gasteiger partial charge on any atom is -0.147 e. The normalized spacial score (nSPS) is 16.4. The molecule has 0 saturated carbocycles. The van der Waals surface area contributed by atoms with Crippen LogP contribution < -0.4 is 0 Å². The summed E-state index contributed by atoms with van der Waals surface area (Å²) in [5.41, 5.74) is 3.28. The van der Waals surface area contributed by atoms with E-state index in [4.69, 9.17) is 0 Å². The second-order valence-corrected chi connectivity index (χ2v) is 9.92. The molecule has 0 nitrogen and oxygen atoms in total. The van der Waals surface area contributed by atoms with Crippen molar-refractivity contribution < 1.29 is 17.4 Å². The molecule has 0 fully saturated rings. The van der Waals surface area contributed by atoms with Crippen molar-refractivity contribution in [1.82, 2.24) is 0 Å². The van der Waals surface area contributed by atoms with Crippen LogP contribution in [0.2, 0.25) is 0 Å². The van der Waals surface area contributed by atoms with E-state index >= 15 is 0 Å². The van der Waals surface area contributed by atoms with Crippen LogP contribution in [-0.4, -0.2) is 3.81 Å². The van der Waals surface area contributed by atoms with E-state index in [0.29, 0.717) is 0 Å². The van der Waals surface area contributed by atoms with Gasteiger partial charge in [-0.3, -0.25) is 0 Å². The van der Waals surface area contributed by atoms with Gasteiger partial charge in [0.1, 0.15) is 0 Å². The quantitative estimate of drug-likeness (QED) is 0.554. The van der Waals surface area contributed by atoms with Gasteiger partial charge in [0, 0.05) is 0 Å². The van der Waals surface area contributed by atoms with Crippen molar-refractivity contribution in [3.63, 3.8) is 0 Å². The molecular formula is C17H26Cl2Ti. The Labute approximate surface area is 142 Å². The van der Waals surface area contributed by atoms with Gasteiger partial charge in [-0.05, 0) is 0 Å². The first kappa shape index (κ1) is 20.1. The molecule has 0 amide bonds. The van der Waals surface area contributed by atoms with Crippen LogP contribution in [0.15, 0.2) is 43.2 Å². The summed E-state index contributed by atoms with van der Waals surface area (Å²) in [4.78, 5) is 0. The maximum Gasteiger partial charge on any atom is -0.147 e. The summed E-state index contributed by atoms with van der Waals surface area (Å²) in [6, 6.07) is 0. The topological polar surface area (TPSA) is 0 Å². The summed E-state index contributed by atoms with van der Waals surface area (Å²) in [5.74, 6) is 0. The fourth-order valence-corrected chi connectivity index (χ4v) is 8.35. The fourth-order valence-electron chi connectivity index (χ4n) is 3.07. The Kier molecular flexibility index (Phi) is 9.26. The first-order valence-corrected chi connectivity index (χ1v) is 9.48. The van der Waals surface area contributed by atoms with Crippen molar-refractivity contribution in [3.8, 4) is 0 Å². The van der Waals surface area contributed by atoms with Crippen LogP contribution in [0.25, 0.3) is 0 Å². The summed E-state index contributed by atoms with van der Waals surface area (Å²) < 4.78 is 5.36. The molecule has 0 bridgehead atoms. The van der Waals surface area contributed by atoms with E-state index in [0.717, 1.165) is 0 Å². The zero-order chi connectivity index (χ0) is 13.1. The van der Waals surface area contributed by atoms with Crippen molar-refractivity contribution in [2.45, 2.75) is 53.4 Å². The third-order valence-corrected chi connectivity index (χ3v) is 9.01. The van der Waals surface area contributed by atoms with Gasteiger partial charge >= 0.3 is 118 Å². The molecule has 3 heteroatoms. The van der Waals surface area contributed by atoms with Gasteiger partial charge < -0.3 is 0 Å². The van der Waals surface area contributed by atoms with E-state index in [-0.39, 0.29) is 24.8 Å². The maximum atomic E-state index is 2.37. The smallest absolute Gasteiger partial charge is 0.147 e. The van der Waals surface area contributed by atoms with Crippen molar-refractivity contribution in [3.05, 3.63) is 43.2 Å². The second kappa shape index (κ2) is 9.20. The maximum absolute atomic E-state index is 2.37. The second-order valence-electron chi connectivity index (χ2n) is 5.30. The number of rotatable bonds is 4. The van der Waals surface area contributed by atoms with Crippen LogP contribution in [0.5, 0.6) is 0 Å². The molecule has 0 N–H and O–H groups in total. The Morgan fingerprint density at radius 1 is 0.900 bits per heavy atom. The van der Waals surface area contributed by atoms with E-state index in [1.807, 2.05) is 7.76 Å². The van der Waals surface area contributed by atoms with Crippen molar-refractivity contribution >= 4 is 28.6 Å². The zero-order valence-electron chi connectivity index (χ0n) is 13.0. The fraction of sp³-hybridized carbons (Fsp3) is 0.471. The van der Waals surface area contributed by atoms with Crippen LogP contribution in [0.4, 0.5) is 0 Å². The Hall–Kier alpha value is 0.124. The largest absolute Gasteiger partial charge is 0.147 e. The van der Waals surface area contributed by atoms with Crippen LogP contribution in [0.3, 0.4) is 0 Å². The van der Waals surface area contributed by atoms with E-state index in [2.05, 4.69) is 52.0 Å². The number of hydrogen-bond donors (Lipinski definition) is 0. The predicted molar refractivity (Wildman–Crippen MR) is 93.0 cm³/mol. The molecule has 2 aliphatic carbocycles. The summed E-state index contributed by atoms with van der Waals surface area (Å²) in [6.45, 7) is 9.33. The minimum atomic E-state index is -1.33. The Morgan fingerprint density at radius 3 is 1.60 bits per heavy atom. The average molecular weight is 349 g/mol. The summed E-state index contributed by atoms with van der Waals surface area (Å²) >= 11 is -1.33. The van der Waals surface area contributed by atoms with E-state index < -0.39 is 17.4 Å². The van der Waals surface area contributed by atoms with Gasteiger partial charge in [-0.25, -0.2) is 0 Å². The van der Waals surface area contributed by atoms with Crippen LogP contribution in [0, 0.1) is 0 Å². The van der Waals surface area contributed by atoms with E-state index in [1.54, 1.807) is 15.0 Å². The molecule has 2 rings (SSSR count). The molecule has 0 aromatic carbocycles. The van der Waals surface area contributed by atoms with Gasteiger partial charge in [0.05, 0.1) is 0 Å². The molecule has 2 aliphatic rings. The molecule has 0 aliphatic heterocycles. The van der Waals surface area contributed by atoms with E-state index in [9.17, 15) is 0 Å². The first-order valence-electron chi connectivity index (χ1n) is 7.14. The third-order valence-electron chi connectivity index (χ3n) is 3.92. The van der Waals surface area contributed by atoms with Crippen molar-refractivity contribution in [2.75, 3.05) is 0 Å². The monoisotopic (exact) mass is 348 g/mol. The zero-order valence-corrected chi connectivity index (χ0v) is 16.1. The van der Waals surface area contributed by atoms with Crippen LogP contribution >= 0.6 is 24.8 Å². The molecule has 0 unspecified atom stereocenters. The molecule has 112 valence electrons. The number of halogens is 2. The van der Waals surface area contributed by atoms with Gasteiger partial charge in [-0.1, -0.05) is 0 Å². The summed E-state index contributed by atoms with van der Waals surface area (Å²) in [6.07, 6.45) is 14.4. The SMILES string of the molecule is CCC1=[C]([Ti]([C]2=C(CC)C=CC2)=[C](C)C)CC=C1.Cl.Cl. The molecule has 0 saturated heterocycles. The Bertz CT molecular complexity index is 461. The molecule has 0 aromatic heterocycles. The molecule has 0 aromatic rings. The Balaban J connectivity index is 0.00000180. The number of hydrogen-bond acceptors (Lipinski definition) is 0. The average Bonchev–Trinajstić information content (AvgIpc) is 2.97. The molecule has 0 heterocycles. The van der Waals surface area contributed by atoms with Crippen LogP contribution in [-0.2, 0) is 17.4 Å². The van der Waals surface area contributed by atoms with Gasteiger partial charge in [-0.15, -0.1) is 24.8 Å². The van der Waals surface area contributed by atoms with Gasteiger partial charge in [0.25, 0.3) is 0 Å². The minimum absolute atomic E-state index is 0. The Morgan fingerprint density at radius 2 is 1.30 bits per heavy atom. The standard InChI is InChI=1S/2C7H9.C3H6.2ClH.Ti/c2*1-2-7-5-3-4-6-7;1-3-2;;;/h2*3,5H,2,4H2,1H3;1-2H3;2*1H;. The van der Waals surface area contributed by atoms with Crippen molar-refractivity contribution in [2.24, 2.45) is 0 Å². The van der Waals surface area contributed by atoms with Gasteiger partial charge in [0.15, 0.2) is 0 Å². The molecular weight excluding hydrogens is 323 g/mol. The van der Waals surface area contributed by atoms with Crippen LogP contribution in [0.1, 0.15) is 53.4 Å². The molecule has 0 spiro atoms. The third kappa shape index (κ3) is 4.07. The van der Waals surface area contributed by atoms with Crippen molar-refractivity contribution in [1.29, 1.82) is 0 Å². The number of allylic oxidation sites excluding steroid dienone is 8. The molecule has 20 heavy (non-hydrogen) atoms. The molecule has 0 radical (unpaired) electrons. The molecule has 0 atom stereocenters. The summed E-state index contributed by atoms with van der Waals surface area (Å²) in [7, 11) is 0. The van der Waals surface area contributed by atoms with Gasteiger partial charge in [0.2, 0.25) is 0 Å².